The zero-order valence-electron chi connectivity index (χ0n) is 15.4. The Morgan fingerprint density at radius 1 is 1.26 bits per heavy atom. The van der Waals surface area contributed by atoms with Gasteiger partial charge in [-0.05, 0) is 43.5 Å². The van der Waals surface area contributed by atoms with Gasteiger partial charge in [-0.2, -0.15) is 5.10 Å². The molecule has 0 atom stereocenters. The number of benzene rings is 1. The normalized spacial score (nSPS) is 19.1. The summed E-state index contributed by atoms with van der Waals surface area (Å²) in [5, 5.41) is 7.59. The van der Waals surface area contributed by atoms with E-state index in [1.807, 2.05) is 41.0 Å². The molecule has 2 amide bonds. The number of aromatic amines is 1. The zero-order chi connectivity index (χ0) is 19.0. The number of carbonyl (C=O) groups is 2. The van der Waals surface area contributed by atoms with Crippen LogP contribution in [0.25, 0.3) is 0 Å². The number of nitrogens with one attached hydrogen (secondary N) is 1. The smallest absolute Gasteiger partial charge is 0.274 e. The van der Waals surface area contributed by atoms with E-state index in [2.05, 4.69) is 10.2 Å². The van der Waals surface area contributed by atoms with Crippen molar-refractivity contribution in [1.29, 1.82) is 0 Å². The average Bonchev–Trinajstić information content (AvgIpc) is 3.21. The van der Waals surface area contributed by atoms with Gasteiger partial charge in [0.15, 0.2) is 0 Å². The fraction of sp³-hybridized carbons (Fsp3) is 0.450. The second-order valence-corrected chi connectivity index (χ2v) is 8.22. The van der Waals surface area contributed by atoms with Crippen LogP contribution >= 0.6 is 11.6 Å². The van der Waals surface area contributed by atoms with Gasteiger partial charge in [0.25, 0.3) is 5.91 Å². The minimum atomic E-state index is -0.0310. The number of rotatable bonds is 3. The predicted octanol–water partition coefficient (Wildman–Crippen LogP) is 3.03. The monoisotopic (exact) mass is 386 g/mol. The lowest BCUT2D eigenvalue weighted by atomic mass is 9.77. The number of H-pyrrole nitrogens is 1. The molecule has 1 aromatic carbocycles. The Morgan fingerprint density at radius 2 is 1.96 bits per heavy atom. The van der Waals surface area contributed by atoms with E-state index in [-0.39, 0.29) is 17.2 Å². The molecule has 2 aliphatic rings. The van der Waals surface area contributed by atoms with E-state index in [0.717, 1.165) is 30.6 Å². The number of hydrogen-bond acceptors (Lipinski definition) is 3. The van der Waals surface area contributed by atoms with Gasteiger partial charge >= 0.3 is 0 Å². The molecule has 2 aromatic rings. The zero-order valence-corrected chi connectivity index (χ0v) is 16.1. The van der Waals surface area contributed by atoms with Gasteiger partial charge in [-0.1, -0.05) is 23.7 Å². The third kappa shape index (κ3) is 3.72. The number of piperidine rings is 1. The van der Waals surface area contributed by atoms with Crippen molar-refractivity contribution in [2.75, 3.05) is 19.6 Å². The van der Waals surface area contributed by atoms with E-state index >= 15 is 0 Å². The number of likely N-dealkylation sites (tertiary alicyclic amines) is 2. The number of carbonyl (C=O) groups excluding carboxylic acids is 2. The van der Waals surface area contributed by atoms with Crippen LogP contribution in [0.2, 0.25) is 5.02 Å². The van der Waals surface area contributed by atoms with Gasteiger partial charge in [0.1, 0.15) is 5.69 Å². The Balaban J connectivity index is 1.37. The quantitative estimate of drug-likeness (QED) is 0.881. The first-order valence-corrected chi connectivity index (χ1v) is 9.65. The number of halogens is 1. The second kappa shape index (κ2) is 7.00. The molecule has 27 heavy (non-hydrogen) atoms. The molecule has 2 aliphatic heterocycles. The Kier molecular flexibility index (Phi) is 4.68. The van der Waals surface area contributed by atoms with E-state index in [9.17, 15) is 9.59 Å². The molecule has 0 aliphatic carbocycles. The summed E-state index contributed by atoms with van der Waals surface area (Å²) in [5.74, 6) is 0.171. The van der Waals surface area contributed by atoms with Crippen molar-refractivity contribution >= 4 is 23.4 Å². The first-order valence-electron chi connectivity index (χ1n) is 9.28. The highest BCUT2D eigenvalue weighted by atomic mass is 35.5. The molecular formula is C20H23ClN4O2. The molecule has 0 radical (unpaired) electrons. The molecule has 3 heterocycles. The lowest BCUT2D eigenvalue weighted by Crippen LogP contribution is -2.44. The van der Waals surface area contributed by atoms with Gasteiger partial charge in [0, 0.05) is 48.7 Å². The van der Waals surface area contributed by atoms with Crippen LogP contribution in [-0.2, 0) is 11.3 Å². The largest absolute Gasteiger partial charge is 0.338 e. The number of aromatic nitrogens is 2. The fourth-order valence-electron chi connectivity index (χ4n) is 4.14. The Bertz CT molecular complexity index is 853. The van der Waals surface area contributed by atoms with Crippen molar-refractivity contribution in [1.82, 2.24) is 20.0 Å². The van der Waals surface area contributed by atoms with Crippen molar-refractivity contribution in [2.24, 2.45) is 5.41 Å². The van der Waals surface area contributed by atoms with Gasteiger partial charge < -0.3 is 9.80 Å². The SMILES string of the molecule is Cc1cc(C(=O)N2CCC3(CC2)CC(=O)N(Cc2ccc(Cl)cc2)C3)n[nH]1. The molecule has 7 heteroatoms. The molecule has 0 unspecified atom stereocenters. The third-order valence-corrected chi connectivity index (χ3v) is 5.98. The molecule has 142 valence electrons. The maximum atomic E-state index is 12.6. The van der Waals surface area contributed by atoms with Gasteiger partial charge in [-0.25, -0.2) is 0 Å². The van der Waals surface area contributed by atoms with E-state index in [1.165, 1.54) is 0 Å². The Morgan fingerprint density at radius 3 is 2.59 bits per heavy atom. The van der Waals surface area contributed by atoms with Crippen molar-refractivity contribution in [3.63, 3.8) is 0 Å². The molecule has 1 N–H and O–H groups in total. The van der Waals surface area contributed by atoms with Crippen LogP contribution in [-0.4, -0.2) is 51.4 Å². The van der Waals surface area contributed by atoms with Crippen LogP contribution in [0.3, 0.4) is 0 Å². The maximum absolute atomic E-state index is 12.6. The number of hydrogen-bond donors (Lipinski definition) is 1. The number of amides is 2. The van der Waals surface area contributed by atoms with Crippen molar-refractivity contribution in [3.05, 3.63) is 52.3 Å². The number of nitrogens with zero attached hydrogens (tertiary/aromatic N) is 3. The molecule has 4 rings (SSSR count). The molecule has 1 spiro atoms. The minimum absolute atomic E-state index is 0.0121. The van der Waals surface area contributed by atoms with Crippen molar-refractivity contribution < 1.29 is 9.59 Å². The highest BCUT2D eigenvalue weighted by Gasteiger charge is 2.45. The standard InChI is InChI=1S/C20H23ClN4O2/c1-14-10-17(23-22-14)19(27)24-8-6-20(7-9-24)11-18(26)25(13-20)12-15-2-4-16(21)5-3-15/h2-5,10H,6-9,11-13H2,1H3,(H,22,23). The van der Waals surface area contributed by atoms with Gasteiger partial charge in [-0.15, -0.1) is 0 Å². The summed E-state index contributed by atoms with van der Waals surface area (Å²) in [7, 11) is 0. The van der Waals surface area contributed by atoms with Gasteiger partial charge in [-0.3, -0.25) is 14.7 Å². The summed E-state index contributed by atoms with van der Waals surface area (Å²) in [6, 6.07) is 9.42. The molecule has 1 aromatic heterocycles. The first kappa shape index (κ1) is 18.0. The molecule has 6 nitrogen and oxygen atoms in total. The van der Waals surface area contributed by atoms with Crippen LogP contribution in [0, 0.1) is 12.3 Å². The lowest BCUT2D eigenvalue weighted by molar-refractivity contribution is -0.128. The van der Waals surface area contributed by atoms with E-state index in [1.54, 1.807) is 6.07 Å². The third-order valence-electron chi connectivity index (χ3n) is 5.73. The maximum Gasteiger partial charge on any atom is 0.274 e. The Labute approximate surface area is 163 Å². The summed E-state index contributed by atoms with van der Waals surface area (Å²) in [4.78, 5) is 28.9. The van der Waals surface area contributed by atoms with Crippen LogP contribution in [0.4, 0.5) is 0 Å². The van der Waals surface area contributed by atoms with Crippen LogP contribution in [0.5, 0.6) is 0 Å². The minimum Gasteiger partial charge on any atom is -0.338 e. The summed E-state index contributed by atoms with van der Waals surface area (Å²) in [6.07, 6.45) is 2.28. The fourth-order valence-corrected chi connectivity index (χ4v) is 4.27. The predicted molar refractivity (Wildman–Crippen MR) is 102 cm³/mol. The number of aryl methyl sites for hydroxylation is 1. The van der Waals surface area contributed by atoms with E-state index < -0.39 is 0 Å². The van der Waals surface area contributed by atoms with Crippen molar-refractivity contribution in [3.8, 4) is 0 Å². The highest BCUT2D eigenvalue weighted by molar-refractivity contribution is 6.30. The van der Waals surface area contributed by atoms with Gasteiger partial charge in [0.2, 0.25) is 5.91 Å². The lowest BCUT2D eigenvalue weighted by Gasteiger charge is -2.38. The molecule has 0 bridgehead atoms. The van der Waals surface area contributed by atoms with Crippen molar-refractivity contribution in [2.45, 2.75) is 32.7 Å². The summed E-state index contributed by atoms with van der Waals surface area (Å²) >= 11 is 5.94. The topological polar surface area (TPSA) is 69.3 Å². The van der Waals surface area contributed by atoms with E-state index in [4.69, 9.17) is 11.6 Å². The van der Waals surface area contributed by atoms with Gasteiger partial charge in [0.05, 0.1) is 0 Å². The highest BCUT2D eigenvalue weighted by Crippen LogP contribution is 2.41. The average molecular weight is 387 g/mol. The summed E-state index contributed by atoms with van der Waals surface area (Å²) in [5.41, 5.74) is 2.43. The molecular weight excluding hydrogens is 364 g/mol. The molecule has 2 fully saturated rings. The first-order chi connectivity index (χ1) is 12.9. The molecule has 0 saturated carbocycles. The summed E-state index contributed by atoms with van der Waals surface area (Å²) in [6.45, 7) is 4.61. The molecule has 2 saturated heterocycles. The Hall–Kier alpha value is -2.34. The van der Waals surface area contributed by atoms with Crippen LogP contribution in [0.1, 0.15) is 41.0 Å². The second-order valence-electron chi connectivity index (χ2n) is 7.78. The summed E-state index contributed by atoms with van der Waals surface area (Å²) < 4.78 is 0. The van der Waals surface area contributed by atoms with Crippen LogP contribution in [0.15, 0.2) is 30.3 Å². The van der Waals surface area contributed by atoms with Crippen LogP contribution < -0.4 is 0 Å². The van der Waals surface area contributed by atoms with E-state index in [0.29, 0.717) is 36.8 Å².